The molecule has 0 saturated carbocycles. The molecule has 0 fully saturated rings. The van der Waals surface area contributed by atoms with Crippen LogP contribution >= 0.6 is 0 Å². The molecule has 0 unspecified atom stereocenters. The zero-order chi connectivity index (χ0) is 21.3. The lowest BCUT2D eigenvalue weighted by Gasteiger charge is -2.28. The van der Waals surface area contributed by atoms with Gasteiger partial charge in [0.05, 0.1) is 5.69 Å². The summed E-state index contributed by atoms with van der Waals surface area (Å²) in [6.07, 6.45) is 18.0. The fourth-order valence-electron chi connectivity index (χ4n) is 4.43. The summed E-state index contributed by atoms with van der Waals surface area (Å²) in [5.74, 6) is 0. The Kier molecular flexibility index (Phi) is 5.04. The maximum Gasteiger partial charge on any atom is 0.113 e. The number of allylic oxidation sites excluding steroid dienone is 4. The lowest BCUT2D eigenvalue weighted by atomic mass is 10.0. The molecular formula is C26H24N4Si. The first kappa shape index (κ1) is 19.5. The molecule has 3 aromatic rings. The lowest BCUT2D eigenvalue weighted by Crippen LogP contribution is -2.30. The average molecular weight is 421 g/mol. The molecular weight excluding hydrogens is 396 g/mol. The van der Waals surface area contributed by atoms with Crippen molar-refractivity contribution in [2.45, 2.75) is 25.9 Å². The van der Waals surface area contributed by atoms with Crippen molar-refractivity contribution in [2.75, 3.05) is 0 Å². The number of aromatic nitrogens is 3. The maximum atomic E-state index is 4.79. The molecule has 2 aliphatic heterocycles. The summed E-state index contributed by atoms with van der Waals surface area (Å²) in [4.78, 5) is 17.9. The summed E-state index contributed by atoms with van der Waals surface area (Å²) in [5.41, 5.74) is 6.82. The van der Waals surface area contributed by atoms with Crippen LogP contribution in [0.5, 0.6) is 0 Å². The molecule has 2 aliphatic rings. The van der Waals surface area contributed by atoms with Crippen molar-refractivity contribution in [2.24, 2.45) is 4.99 Å². The van der Waals surface area contributed by atoms with Crippen LogP contribution in [0.2, 0.25) is 13.1 Å². The molecule has 0 aliphatic carbocycles. The van der Waals surface area contributed by atoms with Crippen LogP contribution in [-0.2, 0) is 0 Å². The predicted octanol–water partition coefficient (Wildman–Crippen LogP) is 5.82. The van der Waals surface area contributed by atoms with Gasteiger partial charge in [-0.15, -0.1) is 0 Å². The zero-order valence-corrected chi connectivity index (χ0v) is 18.8. The van der Waals surface area contributed by atoms with Crippen molar-refractivity contribution >= 4 is 19.0 Å². The SMILES string of the molecule is C[Si]1(C)C(C2=CN=C(c3cccnc3)CC2)=CC=C1c1ccc(-c2cccnc2)nc1. The lowest BCUT2D eigenvalue weighted by molar-refractivity contribution is 0.998. The van der Waals surface area contributed by atoms with Gasteiger partial charge in [0, 0.05) is 54.0 Å². The van der Waals surface area contributed by atoms with E-state index in [-0.39, 0.29) is 0 Å². The Morgan fingerprint density at radius 2 is 1.48 bits per heavy atom. The van der Waals surface area contributed by atoms with Crippen molar-refractivity contribution in [3.63, 3.8) is 0 Å². The van der Waals surface area contributed by atoms with Gasteiger partial charge in [0.15, 0.2) is 0 Å². The van der Waals surface area contributed by atoms with Gasteiger partial charge < -0.3 is 0 Å². The average Bonchev–Trinajstić information content (AvgIpc) is 3.15. The molecule has 5 heteroatoms. The molecule has 0 bridgehead atoms. The highest BCUT2D eigenvalue weighted by Crippen LogP contribution is 2.41. The number of hydrogen-bond acceptors (Lipinski definition) is 4. The molecule has 4 nitrogen and oxygen atoms in total. The van der Waals surface area contributed by atoms with Gasteiger partial charge in [-0.25, -0.2) is 0 Å². The van der Waals surface area contributed by atoms with E-state index in [0.29, 0.717) is 0 Å². The Morgan fingerprint density at radius 1 is 0.742 bits per heavy atom. The fraction of sp³-hybridized carbons (Fsp3) is 0.154. The highest BCUT2D eigenvalue weighted by atomic mass is 28.3. The van der Waals surface area contributed by atoms with Crippen molar-refractivity contribution in [1.29, 1.82) is 0 Å². The van der Waals surface area contributed by atoms with Crippen LogP contribution in [0.15, 0.2) is 101 Å². The second-order valence-corrected chi connectivity index (χ2v) is 12.8. The second kappa shape index (κ2) is 8.00. The smallest absolute Gasteiger partial charge is 0.113 e. The molecule has 5 rings (SSSR count). The summed E-state index contributed by atoms with van der Waals surface area (Å²) in [6, 6.07) is 12.3. The third-order valence-corrected chi connectivity index (χ3v) is 9.78. The Balaban J connectivity index is 1.37. The molecule has 0 N–H and O–H groups in total. The summed E-state index contributed by atoms with van der Waals surface area (Å²) in [7, 11) is -1.81. The zero-order valence-electron chi connectivity index (χ0n) is 17.8. The van der Waals surface area contributed by atoms with Gasteiger partial charge in [-0.1, -0.05) is 37.4 Å². The second-order valence-electron chi connectivity index (χ2n) is 8.43. The largest absolute Gasteiger partial charge is 0.264 e. The monoisotopic (exact) mass is 420 g/mol. The Bertz CT molecular complexity index is 1220. The summed E-state index contributed by atoms with van der Waals surface area (Å²) in [5, 5.41) is 2.91. The van der Waals surface area contributed by atoms with E-state index < -0.39 is 8.07 Å². The van der Waals surface area contributed by atoms with Crippen LogP contribution in [0.25, 0.3) is 16.5 Å². The van der Waals surface area contributed by atoms with Crippen LogP contribution < -0.4 is 0 Å². The molecule has 0 amide bonds. The Morgan fingerprint density at radius 3 is 2.10 bits per heavy atom. The topological polar surface area (TPSA) is 51.0 Å². The van der Waals surface area contributed by atoms with Crippen LogP contribution in [0.4, 0.5) is 0 Å². The van der Waals surface area contributed by atoms with E-state index in [9.17, 15) is 0 Å². The summed E-state index contributed by atoms with van der Waals surface area (Å²) in [6.45, 7) is 4.85. The van der Waals surface area contributed by atoms with Gasteiger partial charge >= 0.3 is 0 Å². The molecule has 152 valence electrons. The first-order valence-corrected chi connectivity index (χ1v) is 13.6. The Labute approximate surface area is 183 Å². The minimum Gasteiger partial charge on any atom is -0.264 e. The number of aliphatic imine (C=N–C) groups is 1. The van der Waals surface area contributed by atoms with Gasteiger partial charge in [0.25, 0.3) is 0 Å². The van der Waals surface area contributed by atoms with E-state index in [1.54, 1.807) is 12.4 Å². The molecule has 5 heterocycles. The molecule has 31 heavy (non-hydrogen) atoms. The quantitative estimate of drug-likeness (QED) is 0.500. The molecule has 0 radical (unpaired) electrons. The van der Waals surface area contributed by atoms with E-state index in [2.05, 4.69) is 59.6 Å². The highest BCUT2D eigenvalue weighted by Gasteiger charge is 2.36. The van der Waals surface area contributed by atoms with Crippen molar-refractivity contribution in [3.8, 4) is 11.3 Å². The summed E-state index contributed by atoms with van der Waals surface area (Å²) < 4.78 is 0. The van der Waals surface area contributed by atoms with E-state index in [4.69, 9.17) is 9.98 Å². The highest BCUT2D eigenvalue weighted by molar-refractivity contribution is 7.01. The van der Waals surface area contributed by atoms with E-state index in [1.807, 2.05) is 36.8 Å². The van der Waals surface area contributed by atoms with Gasteiger partial charge in [-0.2, -0.15) is 0 Å². The van der Waals surface area contributed by atoms with E-state index >= 15 is 0 Å². The van der Waals surface area contributed by atoms with Gasteiger partial charge in [0.1, 0.15) is 8.07 Å². The van der Waals surface area contributed by atoms with Gasteiger partial charge in [-0.3, -0.25) is 19.9 Å². The van der Waals surface area contributed by atoms with Crippen molar-refractivity contribution in [3.05, 3.63) is 108 Å². The molecule has 0 atom stereocenters. The number of hydrogen-bond donors (Lipinski definition) is 0. The maximum absolute atomic E-state index is 4.79. The van der Waals surface area contributed by atoms with Crippen molar-refractivity contribution in [1.82, 2.24) is 15.0 Å². The molecule has 0 spiro atoms. The summed E-state index contributed by atoms with van der Waals surface area (Å²) >= 11 is 0. The van der Waals surface area contributed by atoms with Crippen LogP contribution in [-0.4, -0.2) is 28.7 Å². The molecule has 0 aromatic carbocycles. The third kappa shape index (κ3) is 3.73. The van der Waals surface area contributed by atoms with Crippen LogP contribution in [0.1, 0.15) is 24.0 Å². The van der Waals surface area contributed by atoms with Gasteiger partial charge in [-0.05, 0) is 58.6 Å². The number of pyridine rings is 3. The van der Waals surface area contributed by atoms with E-state index in [1.165, 1.54) is 21.5 Å². The predicted molar refractivity (Wildman–Crippen MR) is 129 cm³/mol. The molecule has 0 saturated heterocycles. The Hall–Kier alpha value is -3.44. The van der Waals surface area contributed by atoms with Crippen molar-refractivity contribution < 1.29 is 0 Å². The first-order valence-electron chi connectivity index (χ1n) is 10.6. The van der Waals surface area contributed by atoms with Crippen LogP contribution in [0.3, 0.4) is 0 Å². The van der Waals surface area contributed by atoms with E-state index in [0.717, 1.165) is 35.4 Å². The molecule has 3 aromatic heterocycles. The normalized spacial score (nSPS) is 17.5. The standard InChI is InChI=1S/C26H24N4Si/c1-31(2)25(21-7-9-23(29-17-21)19-5-3-13-27-15-19)11-12-26(31)22-8-10-24(30-18-22)20-6-4-14-28-16-20/h3-7,9,11-18H,8,10H2,1-2H3. The minimum atomic E-state index is -1.81. The minimum absolute atomic E-state index is 0.954. The number of nitrogens with zero attached hydrogens (tertiary/aromatic N) is 4. The third-order valence-electron chi connectivity index (χ3n) is 6.14. The van der Waals surface area contributed by atoms with Gasteiger partial charge in [0.2, 0.25) is 0 Å². The van der Waals surface area contributed by atoms with Crippen LogP contribution in [0, 0.1) is 0 Å². The number of rotatable bonds is 4. The fourth-order valence-corrected chi connectivity index (χ4v) is 7.58. The first-order chi connectivity index (χ1) is 15.1.